The van der Waals surface area contributed by atoms with Crippen LogP contribution in [0.2, 0.25) is 0 Å². The lowest BCUT2D eigenvalue weighted by Gasteiger charge is -2.10. The van der Waals surface area contributed by atoms with E-state index in [1.807, 2.05) is 0 Å². The van der Waals surface area contributed by atoms with Gasteiger partial charge in [-0.25, -0.2) is 4.39 Å². The van der Waals surface area contributed by atoms with Crippen LogP contribution in [0.1, 0.15) is 17.9 Å². The third-order valence-electron chi connectivity index (χ3n) is 2.21. The summed E-state index contributed by atoms with van der Waals surface area (Å²) in [6.45, 7) is 0. The molecule has 1 aromatic rings. The molecular formula is C11H11FO4. The highest BCUT2D eigenvalue weighted by Crippen LogP contribution is 2.24. The van der Waals surface area contributed by atoms with Crippen molar-refractivity contribution in [1.29, 1.82) is 0 Å². The van der Waals surface area contributed by atoms with Crippen LogP contribution in [0.15, 0.2) is 18.2 Å². The van der Waals surface area contributed by atoms with Crippen LogP contribution in [0.5, 0.6) is 5.75 Å². The summed E-state index contributed by atoms with van der Waals surface area (Å²) in [5.41, 5.74) is 0.248. The smallest absolute Gasteiger partial charge is 0.311 e. The van der Waals surface area contributed by atoms with E-state index >= 15 is 0 Å². The van der Waals surface area contributed by atoms with Crippen LogP contribution < -0.4 is 4.74 Å². The molecule has 5 heteroatoms. The molecule has 0 radical (unpaired) electrons. The lowest BCUT2D eigenvalue weighted by atomic mass is 9.96. The molecule has 0 bridgehead atoms. The topological polar surface area (TPSA) is 63.6 Å². The van der Waals surface area contributed by atoms with Crippen LogP contribution >= 0.6 is 0 Å². The summed E-state index contributed by atoms with van der Waals surface area (Å²) in [7, 11) is 1.32. The van der Waals surface area contributed by atoms with Crippen molar-refractivity contribution in [2.45, 2.75) is 12.3 Å². The molecule has 0 aliphatic carbocycles. The molecule has 0 heterocycles. The molecule has 86 valence electrons. The number of hydrogen-bond donors (Lipinski definition) is 1. The van der Waals surface area contributed by atoms with E-state index in [1.165, 1.54) is 19.2 Å². The van der Waals surface area contributed by atoms with Gasteiger partial charge in [-0.3, -0.25) is 4.79 Å². The average molecular weight is 226 g/mol. The second kappa shape index (κ2) is 5.25. The first-order valence-corrected chi connectivity index (χ1v) is 4.60. The Hall–Kier alpha value is -1.91. The largest absolute Gasteiger partial charge is 0.494 e. The molecule has 1 aromatic carbocycles. The van der Waals surface area contributed by atoms with Gasteiger partial charge in [0.1, 0.15) is 6.29 Å². The molecule has 0 saturated heterocycles. The van der Waals surface area contributed by atoms with Gasteiger partial charge in [0, 0.05) is 6.42 Å². The summed E-state index contributed by atoms with van der Waals surface area (Å²) in [5.74, 6) is -2.77. The highest BCUT2D eigenvalue weighted by atomic mass is 19.1. The quantitative estimate of drug-likeness (QED) is 0.774. The number of ether oxygens (including phenoxy) is 1. The number of rotatable bonds is 5. The molecule has 1 atom stereocenters. The second-order valence-corrected chi connectivity index (χ2v) is 3.19. The van der Waals surface area contributed by atoms with Gasteiger partial charge in [-0.15, -0.1) is 0 Å². The Morgan fingerprint density at radius 3 is 2.75 bits per heavy atom. The fourth-order valence-electron chi connectivity index (χ4n) is 1.38. The molecule has 0 aromatic heterocycles. The highest BCUT2D eigenvalue weighted by Gasteiger charge is 2.20. The van der Waals surface area contributed by atoms with Gasteiger partial charge in [-0.05, 0) is 17.7 Å². The maximum Gasteiger partial charge on any atom is 0.311 e. The third-order valence-corrected chi connectivity index (χ3v) is 2.21. The summed E-state index contributed by atoms with van der Waals surface area (Å²) in [6, 6.07) is 3.84. The number of methoxy groups -OCH3 is 1. The molecule has 4 nitrogen and oxygen atoms in total. The van der Waals surface area contributed by atoms with Gasteiger partial charge in [0.15, 0.2) is 11.6 Å². The normalized spacial score (nSPS) is 11.9. The summed E-state index contributed by atoms with van der Waals surface area (Å²) in [5, 5.41) is 8.86. The second-order valence-electron chi connectivity index (χ2n) is 3.19. The lowest BCUT2D eigenvalue weighted by Crippen LogP contribution is -2.12. The van der Waals surface area contributed by atoms with Crippen LogP contribution in [0.4, 0.5) is 4.39 Å². The molecule has 0 amide bonds. The lowest BCUT2D eigenvalue weighted by molar-refractivity contribution is -0.139. The van der Waals surface area contributed by atoms with Crippen LogP contribution in [0, 0.1) is 5.82 Å². The molecule has 1 unspecified atom stereocenters. The van der Waals surface area contributed by atoms with E-state index in [0.717, 1.165) is 6.07 Å². The van der Waals surface area contributed by atoms with Crippen molar-refractivity contribution >= 4 is 12.3 Å². The molecule has 0 fully saturated rings. The predicted molar refractivity (Wildman–Crippen MR) is 54.0 cm³/mol. The van der Waals surface area contributed by atoms with E-state index in [4.69, 9.17) is 9.84 Å². The summed E-state index contributed by atoms with van der Waals surface area (Å²) >= 11 is 0. The van der Waals surface area contributed by atoms with E-state index in [9.17, 15) is 14.0 Å². The van der Waals surface area contributed by atoms with E-state index in [-0.39, 0.29) is 17.7 Å². The summed E-state index contributed by atoms with van der Waals surface area (Å²) in [6.07, 6.45) is 0.321. The number of halogens is 1. The fraction of sp³-hybridized carbons (Fsp3) is 0.273. The first-order chi connectivity index (χ1) is 7.60. The van der Waals surface area contributed by atoms with E-state index < -0.39 is 17.7 Å². The maximum atomic E-state index is 13.3. The first-order valence-electron chi connectivity index (χ1n) is 4.60. The van der Waals surface area contributed by atoms with Crippen molar-refractivity contribution in [1.82, 2.24) is 0 Å². The number of carboxylic acids is 1. The zero-order valence-electron chi connectivity index (χ0n) is 8.64. The molecule has 16 heavy (non-hydrogen) atoms. The fourth-order valence-corrected chi connectivity index (χ4v) is 1.38. The maximum absolute atomic E-state index is 13.3. The minimum atomic E-state index is -1.16. The SMILES string of the molecule is COc1ccc(C(CC=O)C(=O)O)cc1F. The molecule has 0 aliphatic heterocycles. The van der Waals surface area contributed by atoms with Gasteiger partial charge >= 0.3 is 5.97 Å². The van der Waals surface area contributed by atoms with Gasteiger partial charge in [0.05, 0.1) is 13.0 Å². The predicted octanol–water partition coefficient (Wildman–Crippen LogP) is 1.59. The van der Waals surface area contributed by atoms with Crippen LogP contribution in [0.3, 0.4) is 0 Å². The van der Waals surface area contributed by atoms with Crippen molar-refractivity contribution in [3.63, 3.8) is 0 Å². The van der Waals surface area contributed by atoms with Gasteiger partial charge in [-0.2, -0.15) is 0 Å². The van der Waals surface area contributed by atoms with E-state index in [2.05, 4.69) is 0 Å². The number of benzene rings is 1. The summed E-state index contributed by atoms with van der Waals surface area (Å²) in [4.78, 5) is 21.2. The molecule has 0 saturated carbocycles. The zero-order valence-corrected chi connectivity index (χ0v) is 8.64. The molecular weight excluding hydrogens is 215 g/mol. The van der Waals surface area contributed by atoms with Gasteiger partial charge in [0.25, 0.3) is 0 Å². The van der Waals surface area contributed by atoms with E-state index in [0.29, 0.717) is 6.29 Å². The standard InChI is InChI=1S/C11H11FO4/c1-16-10-3-2-7(6-9(10)12)8(4-5-13)11(14)15/h2-3,5-6,8H,4H2,1H3,(H,14,15). The zero-order chi connectivity index (χ0) is 12.1. The number of carboxylic acid groups (broad SMARTS) is 1. The Kier molecular flexibility index (Phi) is 3.99. The van der Waals surface area contributed by atoms with Crippen molar-refractivity contribution in [3.05, 3.63) is 29.6 Å². The van der Waals surface area contributed by atoms with Crippen LogP contribution in [-0.4, -0.2) is 24.5 Å². The number of aldehydes is 1. The van der Waals surface area contributed by atoms with Crippen molar-refractivity contribution < 1.29 is 23.8 Å². The number of carbonyl (C=O) groups excluding carboxylic acids is 1. The average Bonchev–Trinajstić information content (AvgIpc) is 2.25. The Morgan fingerprint density at radius 1 is 1.62 bits per heavy atom. The number of carbonyl (C=O) groups is 2. The van der Waals surface area contributed by atoms with Gasteiger partial charge < -0.3 is 14.6 Å². The third kappa shape index (κ3) is 2.56. The summed E-state index contributed by atoms with van der Waals surface area (Å²) < 4.78 is 18.0. The number of hydrogen-bond acceptors (Lipinski definition) is 3. The van der Waals surface area contributed by atoms with Crippen molar-refractivity contribution in [3.8, 4) is 5.75 Å². The van der Waals surface area contributed by atoms with E-state index in [1.54, 1.807) is 0 Å². The van der Waals surface area contributed by atoms with Crippen molar-refractivity contribution in [2.75, 3.05) is 7.11 Å². The van der Waals surface area contributed by atoms with Crippen LogP contribution in [0.25, 0.3) is 0 Å². The molecule has 0 spiro atoms. The molecule has 1 N–H and O–H groups in total. The minimum absolute atomic E-state index is 0.0407. The van der Waals surface area contributed by atoms with Crippen LogP contribution in [-0.2, 0) is 9.59 Å². The van der Waals surface area contributed by atoms with Gasteiger partial charge in [0.2, 0.25) is 0 Å². The Labute approximate surface area is 91.7 Å². The minimum Gasteiger partial charge on any atom is -0.494 e. The first kappa shape index (κ1) is 12.2. The number of aliphatic carboxylic acids is 1. The Bertz CT molecular complexity index is 403. The molecule has 1 rings (SSSR count). The Balaban J connectivity index is 3.06. The highest BCUT2D eigenvalue weighted by molar-refractivity contribution is 5.79. The monoisotopic (exact) mass is 226 g/mol. The molecule has 0 aliphatic rings. The van der Waals surface area contributed by atoms with Gasteiger partial charge in [-0.1, -0.05) is 6.07 Å². The Morgan fingerprint density at radius 2 is 2.31 bits per heavy atom. The van der Waals surface area contributed by atoms with Crippen molar-refractivity contribution in [2.24, 2.45) is 0 Å².